The van der Waals surface area contributed by atoms with Crippen molar-refractivity contribution in [2.45, 2.75) is 115 Å². The van der Waals surface area contributed by atoms with Crippen LogP contribution in [0.15, 0.2) is 0 Å². The maximum absolute atomic E-state index is 6.81. The van der Waals surface area contributed by atoms with Crippen molar-refractivity contribution in [2.75, 3.05) is 13.2 Å². The number of fused-ring (bicyclic) bond motifs is 1. The van der Waals surface area contributed by atoms with Gasteiger partial charge in [0.05, 0.1) is 26.6 Å². The van der Waals surface area contributed by atoms with Crippen molar-refractivity contribution in [3.63, 3.8) is 0 Å². The molecule has 1 saturated carbocycles. The third-order valence-corrected chi connectivity index (χ3v) is 7.50. The average molecular weight is 345 g/mol. The van der Waals surface area contributed by atoms with Crippen molar-refractivity contribution >= 4 is 7.85 Å². The number of likely N-dealkylation sites (tertiary alicyclic amines) is 1. The number of ether oxygens (including phenoxy) is 1. The first-order chi connectivity index (χ1) is 11.7. The van der Waals surface area contributed by atoms with Crippen LogP contribution in [0.25, 0.3) is 0 Å². The minimum absolute atomic E-state index is 0.0474. The molecule has 1 spiro atoms. The van der Waals surface area contributed by atoms with Crippen LogP contribution in [0.1, 0.15) is 92.4 Å². The Bertz CT molecular complexity index is 459. The van der Waals surface area contributed by atoms with Gasteiger partial charge in [-0.15, -0.1) is 0 Å². The summed E-state index contributed by atoms with van der Waals surface area (Å²) in [7, 11) is 6.81. The zero-order valence-electron chi connectivity index (χ0n) is 17.4. The van der Waals surface area contributed by atoms with Crippen LogP contribution in [0, 0.1) is 11.3 Å². The molecule has 25 heavy (non-hydrogen) atoms. The van der Waals surface area contributed by atoms with Crippen LogP contribution in [0.4, 0.5) is 0 Å². The van der Waals surface area contributed by atoms with Gasteiger partial charge in [-0.25, -0.2) is 0 Å². The summed E-state index contributed by atoms with van der Waals surface area (Å²) in [4.78, 5) is 2.89. The molecule has 3 aliphatic rings. The van der Waals surface area contributed by atoms with Crippen molar-refractivity contribution in [3.05, 3.63) is 0 Å². The number of hydrogen-bond donors (Lipinski definition) is 0. The monoisotopic (exact) mass is 345 g/mol. The molecule has 3 fully saturated rings. The molecule has 142 valence electrons. The van der Waals surface area contributed by atoms with E-state index in [-0.39, 0.29) is 5.31 Å². The van der Waals surface area contributed by atoms with Crippen molar-refractivity contribution in [3.8, 4) is 0 Å². The molecule has 3 rings (SSSR count). The molecule has 3 unspecified atom stereocenters. The minimum Gasteiger partial charge on any atom is -0.377 e. The largest absolute Gasteiger partial charge is 0.377 e. The van der Waals surface area contributed by atoms with E-state index in [1.807, 2.05) is 0 Å². The van der Waals surface area contributed by atoms with E-state index in [9.17, 15) is 0 Å². The molecule has 0 bridgehead atoms. The van der Waals surface area contributed by atoms with Crippen LogP contribution in [0.2, 0.25) is 5.31 Å². The molecule has 3 atom stereocenters. The predicted octanol–water partition coefficient (Wildman–Crippen LogP) is 5.36. The summed E-state index contributed by atoms with van der Waals surface area (Å²) in [6.45, 7) is 13.9. The van der Waals surface area contributed by atoms with E-state index in [1.165, 1.54) is 51.4 Å². The molecule has 0 amide bonds. The van der Waals surface area contributed by atoms with Gasteiger partial charge >= 0.3 is 0 Å². The second kappa shape index (κ2) is 7.19. The van der Waals surface area contributed by atoms with E-state index in [1.54, 1.807) is 0 Å². The van der Waals surface area contributed by atoms with Crippen LogP contribution < -0.4 is 0 Å². The summed E-state index contributed by atoms with van der Waals surface area (Å²) in [5.41, 5.74) is 0.693. The summed E-state index contributed by atoms with van der Waals surface area (Å²) >= 11 is 0. The lowest BCUT2D eigenvalue weighted by Crippen LogP contribution is -2.70. The lowest BCUT2D eigenvalue weighted by Gasteiger charge is -2.60. The van der Waals surface area contributed by atoms with E-state index < -0.39 is 0 Å². The lowest BCUT2D eigenvalue weighted by atomic mass is 9.55. The summed E-state index contributed by atoms with van der Waals surface area (Å²) in [6.07, 6.45) is 11.5. The topological polar surface area (TPSA) is 12.5 Å². The Labute approximate surface area is 157 Å². The van der Waals surface area contributed by atoms with Gasteiger partial charge in [0, 0.05) is 12.1 Å². The molecule has 0 N–H and O–H groups in total. The third-order valence-electron chi connectivity index (χ3n) is 7.50. The van der Waals surface area contributed by atoms with Gasteiger partial charge in [-0.2, -0.15) is 0 Å². The number of piperidine rings is 1. The quantitative estimate of drug-likeness (QED) is 0.625. The Balaban J connectivity index is 1.83. The summed E-state index contributed by atoms with van der Waals surface area (Å²) in [5, 5.41) is 0.0474. The van der Waals surface area contributed by atoms with Crippen molar-refractivity contribution < 1.29 is 4.74 Å². The highest BCUT2D eigenvalue weighted by Crippen LogP contribution is 2.52. The molecule has 1 aliphatic carbocycles. The highest BCUT2D eigenvalue weighted by Gasteiger charge is 2.53. The van der Waals surface area contributed by atoms with E-state index in [0.717, 1.165) is 31.6 Å². The normalized spacial score (nSPS) is 39.0. The predicted molar refractivity (Wildman–Crippen MR) is 107 cm³/mol. The molecule has 3 heteroatoms. The summed E-state index contributed by atoms with van der Waals surface area (Å²) in [5.74, 6) is 0.822. The maximum Gasteiger partial charge on any atom is 0.0746 e. The minimum atomic E-state index is 0.0474. The van der Waals surface area contributed by atoms with Crippen LogP contribution >= 0.6 is 0 Å². The molecular formula is C22H40BNO. The van der Waals surface area contributed by atoms with Crippen LogP contribution in [-0.2, 0) is 4.74 Å². The van der Waals surface area contributed by atoms with Gasteiger partial charge in [0.1, 0.15) is 0 Å². The summed E-state index contributed by atoms with van der Waals surface area (Å²) in [6, 6.07) is 1.36. The standard InChI is InChI=1S/C22H40BNO/c1-6-21(23)11-8-7-9-19-18(13-20(4,5)14-21)10-12-22(15-25-16-22)24(19)17(2)3/h17-19H,6-16H2,1-5H3. The Kier molecular flexibility index (Phi) is 5.68. The fourth-order valence-corrected chi connectivity index (χ4v) is 6.48. The van der Waals surface area contributed by atoms with Crippen LogP contribution in [-0.4, -0.2) is 43.6 Å². The van der Waals surface area contributed by atoms with Crippen LogP contribution in [0.5, 0.6) is 0 Å². The second-order valence-electron chi connectivity index (χ2n) is 10.6. The van der Waals surface area contributed by atoms with E-state index in [4.69, 9.17) is 12.6 Å². The molecule has 2 saturated heterocycles. The van der Waals surface area contributed by atoms with Gasteiger partial charge in [0.25, 0.3) is 0 Å². The maximum atomic E-state index is 6.81. The zero-order chi connectivity index (χ0) is 18.3. The first-order valence-corrected chi connectivity index (χ1v) is 10.9. The smallest absolute Gasteiger partial charge is 0.0746 e. The molecule has 2 radical (unpaired) electrons. The van der Waals surface area contributed by atoms with Gasteiger partial charge in [-0.05, 0) is 50.9 Å². The molecule has 0 aromatic rings. The average Bonchev–Trinajstić information content (AvgIpc) is 2.49. The second-order valence-corrected chi connectivity index (χ2v) is 10.6. The Hall–Kier alpha value is -0.0151. The fourth-order valence-electron chi connectivity index (χ4n) is 6.48. The number of nitrogens with zero attached hydrogens (tertiary/aromatic N) is 1. The van der Waals surface area contributed by atoms with Gasteiger partial charge in [0.15, 0.2) is 0 Å². The molecular weight excluding hydrogens is 305 g/mol. The lowest BCUT2D eigenvalue weighted by molar-refractivity contribution is -0.197. The molecule has 2 aliphatic heterocycles. The molecule has 2 nitrogen and oxygen atoms in total. The third kappa shape index (κ3) is 3.98. The molecule has 2 heterocycles. The first kappa shape index (κ1) is 19.7. The summed E-state index contributed by atoms with van der Waals surface area (Å²) < 4.78 is 5.70. The highest BCUT2D eigenvalue weighted by molar-refractivity contribution is 6.15. The Morgan fingerprint density at radius 3 is 2.40 bits per heavy atom. The van der Waals surface area contributed by atoms with Crippen molar-refractivity contribution in [1.29, 1.82) is 0 Å². The number of rotatable bonds is 2. The van der Waals surface area contributed by atoms with E-state index in [0.29, 0.717) is 17.0 Å². The Morgan fingerprint density at radius 1 is 1.12 bits per heavy atom. The number of hydrogen-bond acceptors (Lipinski definition) is 2. The van der Waals surface area contributed by atoms with Crippen molar-refractivity contribution in [1.82, 2.24) is 4.90 Å². The zero-order valence-corrected chi connectivity index (χ0v) is 17.4. The van der Waals surface area contributed by atoms with E-state index >= 15 is 0 Å². The SMILES string of the molecule is [B]C1(CC)CCCCC2C(CCC3(COC3)N2C(C)C)CC(C)(C)C1. The van der Waals surface area contributed by atoms with E-state index in [2.05, 4.69) is 39.5 Å². The highest BCUT2D eigenvalue weighted by atomic mass is 16.5. The van der Waals surface area contributed by atoms with Crippen LogP contribution in [0.3, 0.4) is 0 Å². The Morgan fingerprint density at radius 2 is 1.84 bits per heavy atom. The molecule has 0 aromatic heterocycles. The van der Waals surface area contributed by atoms with Gasteiger partial charge < -0.3 is 4.74 Å². The first-order valence-electron chi connectivity index (χ1n) is 10.9. The van der Waals surface area contributed by atoms with Gasteiger partial charge in [-0.1, -0.05) is 58.2 Å². The van der Waals surface area contributed by atoms with Crippen molar-refractivity contribution in [2.24, 2.45) is 11.3 Å². The van der Waals surface area contributed by atoms with Gasteiger partial charge in [0.2, 0.25) is 0 Å². The fraction of sp³-hybridized carbons (Fsp3) is 1.00. The van der Waals surface area contributed by atoms with Gasteiger partial charge in [-0.3, -0.25) is 4.90 Å². The molecule has 0 aromatic carbocycles.